The number of rotatable bonds is 8. The number of benzene rings is 2. The lowest BCUT2D eigenvalue weighted by molar-refractivity contribution is -0.142. The number of hydrogen-bond donors (Lipinski definition) is 0. The summed E-state index contributed by atoms with van der Waals surface area (Å²) in [5.74, 6) is 2.92. The number of furan rings is 1. The SMILES string of the molecule is CC(=O)OCc1ccc(Cn2c(CC3CCN(Cc4ccccc4)CC3)nc3ccccc32)o1. The van der Waals surface area contributed by atoms with Gasteiger partial charge in [-0.3, -0.25) is 9.69 Å². The van der Waals surface area contributed by atoms with Gasteiger partial charge in [-0.2, -0.15) is 0 Å². The Bertz CT molecular complexity index is 1240. The number of aromatic nitrogens is 2. The maximum atomic E-state index is 11.1. The molecule has 1 aliphatic heterocycles. The minimum absolute atomic E-state index is 0.161. The third-order valence-corrected chi connectivity index (χ3v) is 6.61. The first kappa shape index (κ1) is 22.4. The average Bonchev–Trinajstić information content (AvgIpc) is 3.44. The molecule has 1 fully saturated rings. The molecule has 6 nitrogen and oxygen atoms in total. The first-order chi connectivity index (χ1) is 16.6. The quantitative estimate of drug-likeness (QED) is 0.341. The minimum Gasteiger partial charge on any atom is -0.461 e. The van der Waals surface area contributed by atoms with Gasteiger partial charge in [0.05, 0.1) is 17.6 Å². The number of piperidine rings is 1. The maximum Gasteiger partial charge on any atom is 0.303 e. The number of para-hydroxylation sites is 2. The molecular weight excluding hydrogens is 426 g/mol. The Morgan fingerprint density at radius 2 is 1.71 bits per heavy atom. The van der Waals surface area contributed by atoms with Crippen LogP contribution in [0.4, 0.5) is 0 Å². The van der Waals surface area contributed by atoms with Crippen LogP contribution in [0.2, 0.25) is 0 Å². The fourth-order valence-corrected chi connectivity index (χ4v) is 4.82. The van der Waals surface area contributed by atoms with Gasteiger partial charge in [0.2, 0.25) is 0 Å². The maximum absolute atomic E-state index is 11.1. The Labute approximate surface area is 200 Å². The molecule has 1 saturated heterocycles. The van der Waals surface area contributed by atoms with Crippen molar-refractivity contribution in [1.29, 1.82) is 0 Å². The van der Waals surface area contributed by atoms with Crippen molar-refractivity contribution in [3.05, 3.63) is 89.6 Å². The van der Waals surface area contributed by atoms with Gasteiger partial charge < -0.3 is 13.7 Å². The van der Waals surface area contributed by atoms with Crippen LogP contribution in [-0.4, -0.2) is 33.5 Å². The molecule has 2 aromatic heterocycles. The smallest absolute Gasteiger partial charge is 0.303 e. The summed E-state index contributed by atoms with van der Waals surface area (Å²) in [5, 5.41) is 0. The summed E-state index contributed by atoms with van der Waals surface area (Å²) in [6.45, 7) is 5.45. The van der Waals surface area contributed by atoms with E-state index in [4.69, 9.17) is 14.1 Å². The topological polar surface area (TPSA) is 60.5 Å². The number of fused-ring (bicyclic) bond motifs is 1. The van der Waals surface area contributed by atoms with Crippen molar-refractivity contribution in [1.82, 2.24) is 14.5 Å². The van der Waals surface area contributed by atoms with Crippen LogP contribution < -0.4 is 0 Å². The molecule has 2 aromatic carbocycles. The van der Waals surface area contributed by atoms with Crippen molar-refractivity contribution < 1.29 is 13.9 Å². The van der Waals surface area contributed by atoms with Crippen LogP contribution >= 0.6 is 0 Å². The predicted octanol–water partition coefficient (Wildman–Crippen LogP) is 5.20. The van der Waals surface area contributed by atoms with E-state index in [1.54, 1.807) is 0 Å². The molecule has 5 rings (SSSR count). The number of carbonyl (C=O) groups excluding carboxylic acids is 1. The first-order valence-corrected chi connectivity index (χ1v) is 12.1. The second kappa shape index (κ2) is 10.3. The molecule has 0 radical (unpaired) electrons. The van der Waals surface area contributed by atoms with Crippen molar-refractivity contribution >= 4 is 17.0 Å². The van der Waals surface area contributed by atoms with Crippen LogP contribution in [0.5, 0.6) is 0 Å². The van der Waals surface area contributed by atoms with Crippen molar-refractivity contribution in [3.63, 3.8) is 0 Å². The molecule has 0 aliphatic carbocycles. The molecule has 1 aliphatic rings. The largest absolute Gasteiger partial charge is 0.461 e. The van der Waals surface area contributed by atoms with E-state index in [-0.39, 0.29) is 12.6 Å². The number of ether oxygens (including phenoxy) is 1. The van der Waals surface area contributed by atoms with Crippen molar-refractivity contribution in [2.24, 2.45) is 5.92 Å². The Hall–Kier alpha value is -3.38. The monoisotopic (exact) mass is 457 g/mol. The van der Waals surface area contributed by atoms with E-state index in [1.165, 1.54) is 25.3 Å². The highest BCUT2D eigenvalue weighted by molar-refractivity contribution is 5.76. The number of imidazole rings is 1. The summed E-state index contributed by atoms with van der Waals surface area (Å²) in [6, 6.07) is 22.8. The highest BCUT2D eigenvalue weighted by Crippen LogP contribution is 2.26. The zero-order valence-electron chi connectivity index (χ0n) is 19.7. The average molecular weight is 458 g/mol. The number of hydrogen-bond acceptors (Lipinski definition) is 5. The van der Waals surface area contributed by atoms with Gasteiger partial charge in [-0.1, -0.05) is 42.5 Å². The lowest BCUT2D eigenvalue weighted by atomic mass is 9.93. The molecule has 6 heteroatoms. The fraction of sp³-hybridized carbons (Fsp3) is 0.357. The molecule has 0 unspecified atom stereocenters. The number of carbonyl (C=O) groups is 1. The van der Waals surface area contributed by atoms with Crippen molar-refractivity contribution in [2.75, 3.05) is 13.1 Å². The summed E-state index contributed by atoms with van der Waals surface area (Å²) in [5.41, 5.74) is 3.52. The number of likely N-dealkylation sites (tertiary alicyclic amines) is 1. The Kier molecular flexibility index (Phi) is 6.77. The summed E-state index contributed by atoms with van der Waals surface area (Å²) in [6.07, 6.45) is 3.33. The lowest BCUT2D eigenvalue weighted by Gasteiger charge is -2.32. The summed E-state index contributed by atoms with van der Waals surface area (Å²) >= 11 is 0. The fourth-order valence-electron chi connectivity index (χ4n) is 4.82. The van der Waals surface area contributed by atoms with E-state index in [1.807, 2.05) is 18.2 Å². The molecule has 3 heterocycles. The van der Waals surface area contributed by atoms with Gasteiger partial charge in [0, 0.05) is 19.9 Å². The van der Waals surface area contributed by atoms with Gasteiger partial charge in [0.1, 0.15) is 24.0 Å². The van der Waals surface area contributed by atoms with E-state index in [9.17, 15) is 4.79 Å². The van der Waals surface area contributed by atoms with E-state index < -0.39 is 0 Å². The van der Waals surface area contributed by atoms with Gasteiger partial charge in [-0.05, 0) is 61.7 Å². The van der Waals surface area contributed by atoms with Crippen LogP contribution in [-0.2, 0) is 35.6 Å². The third kappa shape index (κ3) is 5.39. The molecule has 0 amide bonds. The third-order valence-electron chi connectivity index (χ3n) is 6.61. The van der Waals surface area contributed by atoms with E-state index in [0.717, 1.165) is 48.7 Å². The van der Waals surface area contributed by atoms with E-state index >= 15 is 0 Å². The highest BCUT2D eigenvalue weighted by atomic mass is 16.5. The second-order valence-corrected chi connectivity index (χ2v) is 9.16. The van der Waals surface area contributed by atoms with Gasteiger partial charge in [0.15, 0.2) is 0 Å². The van der Waals surface area contributed by atoms with Gasteiger partial charge in [-0.15, -0.1) is 0 Å². The molecule has 176 valence electrons. The van der Waals surface area contributed by atoms with Crippen LogP contribution in [0.1, 0.15) is 42.7 Å². The summed E-state index contributed by atoms with van der Waals surface area (Å²) in [7, 11) is 0. The van der Waals surface area contributed by atoms with Crippen LogP contribution in [0.15, 0.2) is 71.1 Å². The lowest BCUT2D eigenvalue weighted by Crippen LogP contribution is -2.34. The van der Waals surface area contributed by atoms with Crippen LogP contribution in [0, 0.1) is 5.92 Å². The molecular formula is C28H31N3O3. The Balaban J connectivity index is 1.27. The minimum atomic E-state index is -0.310. The summed E-state index contributed by atoms with van der Waals surface area (Å²) < 4.78 is 13.3. The Morgan fingerprint density at radius 1 is 0.971 bits per heavy atom. The molecule has 0 N–H and O–H groups in total. The number of esters is 1. The van der Waals surface area contributed by atoms with Crippen LogP contribution in [0.25, 0.3) is 11.0 Å². The Morgan fingerprint density at radius 3 is 2.50 bits per heavy atom. The molecule has 34 heavy (non-hydrogen) atoms. The van der Waals surface area contributed by atoms with Crippen molar-refractivity contribution in [2.45, 2.75) is 45.9 Å². The van der Waals surface area contributed by atoms with Gasteiger partial charge in [-0.25, -0.2) is 4.98 Å². The first-order valence-electron chi connectivity index (χ1n) is 12.1. The second-order valence-electron chi connectivity index (χ2n) is 9.16. The van der Waals surface area contributed by atoms with Gasteiger partial charge >= 0.3 is 5.97 Å². The molecule has 0 bridgehead atoms. The normalized spacial score (nSPS) is 15.1. The van der Waals surface area contributed by atoms with E-state index in [2.05, 4.69) is 58.0 Å². The van der Waals surface area contributed by atoms with Crippen molar-refractivity contribution in [3.8, 4) is 0 Å². The molecule has 0 atom stereocenters. The summed E-state index contributed by atoms with van der Waals surface area (Å²) in [4.78, 5) is 18.6. The van der Waals surface area contributed by atoms with E-state index in [0.29, 0.717) is 18.2 Å². The molecule has 0 saturated carbocycles. The highest BCUT2D eigenvalue weighted by Gasteiger charge is 2.22. The van der Waals surface area contributed by atoms with Gasteiger partial charge in [0.25, 0.3) is 0 Å². The zero-order valence-corrected chi connectivity index (χ0v) is 19.7. The zero-order chi connectivity index (χ0) is 23.3. The molecule has 4 aromatic rings. The predicted molar refractivity (Wildman–Crippen MR) is 131 cm³/mol. The molecule has 0 spiro atoms. The number of nitrogens with zero attached hydrogens (tertiary/aromatic N) is 3. The van der Waals surface area contributed by atoms with Crippen LogP contribution in [0.3, 0.4) is 0 Å². The standard InChI is InChI=1S/C28H31N3O3/c1-21(32)33-20-25-12-11-24(34-25)19-31-27-10-6-5-9-26(27)29-28(31)17-22-13-15-30(16-14-22)18-23-7-3-2-4-8-23/h2-12,22H,13-20H2,1H3.